The van der Waals surface area contributed by atoms with E-state index in [1.165, 1.54) is 0 Å². The van der Waals surface area contributed by atoms with Gasteiger partial charge in [0, 0.05) is 17.5 Å². The predicted molar refractivity (Wildman–Crippen MR) is 72.4 cm³/mol. The molecule has 17 heavy (non-hydrogen) atoms. The molecule has 1 aromatic carbocycles. The summed E-state index contributed by atoms with van der Waals surface area (Å²) in [5, 5.41) is 3.02. The second kappa shape index (κ2) is 6.65. The molecular weight excluding hydrogens is 234 g/mol. The summed E-state index contributed by atoms with van der Waals surface area (Å²) in [5.74, 6) is 0.891. The van der Waals surface area contributed by atoms with Crippen molar-refractivity contribution in [2.24, 2.45) is 5.92 Å². The molecule has 0 aliphatic rings. The largest absolute Gasteiger partial charge is 0.349 e. The van der Waals surface area contributed by atoms with Crippen molar-refractivity contribution in [1.82, 2.24) is 5.32 Å². The number of carbonyl (C=O) groups excluding carboxylic acids is 1. The van der Waals surface area contributed by atoms with Gasteiger partial charge in [0.05, 0.1) is 0 Å². The van der Waals surface area contributed by atoms with Crippen LogP contribution in [0.5, 0.6) is 0 Å². The van der Waals surface area contributed by atoms with E-state index in [0.29, 0.717) is 17.4 Å². The Morgan fingerprint density at radius 3 is 2.71 bits per heavy atom. The number of carbonyl (C=O) groups is 1. The van der Waals surface area contributed by atoms with Gasteiger partial charge in [-0.1, -0.05) is 32.4 Å². The maximum atomic E-state index is 12.0. The summed E-state index contributed by atoms with van der Waals surface area (Å²) in [6.07, 6.45) is 1.06. The molecule has 0 fully saturated rings. The number of rotatable bonds is 5. The zero-order valence-electron chi connectivity index (χ0n) is 10.7. The molecule has 2 nitrogen and oxygen atoms in total. The Morgan fingerprint density at radius 1 is 1.41 bits per heavy atom. The second-order valence-electron chi connectivity index (χ2n) is 4.48. The summed E-state index contributed by atoms with van der Waals surface area (Å²) >= 11 is 5.75. The number of halogens is 1. The van der Waals surface area contributed by atoms with Gasteiger partial charge in [0.2, 0.25) is 0 Å². The van der Waals surface area contributed by atoms with E-state index < -0.39 is 0 Å². The Kier molecular flexibility index (Phi) is 5.49. The van der Waals surface area contributed by atoms with Crippen molar-refractivity contribution in [2.45, 2.75) is 39.1 Å². The molecular formula is C14H20ClNO. The van der Waals surface area contributed by atoms with Gasteiger partial charge in [-0.25, -0.2) is 0 Å². The molecule has 2 unspecified atom stereocenters. The fourth-order valence-electron chi connectivity index (χ4n) is 1.58. The van der Waals surface area contributed by atoms with Crippen molar-refractivity contribution in [1.29, 1.82) is 0 Å². The van der Waals surface area contributed by atoms with Crippen LogP contribution in [0.4, 0.5) is 0 Å². The van der Waals surface area contributed by atoms with Gasteiger partial charge in [-0.05, 0) is 30.5 Å². The van der Waals surface area contributed by atoms with E-state index in [9.17, 15) is 4.79 Å². The minimum absolute atomic E-state index is 0.0234. The molecule has 1 aromatic rings. The zero-order chi connectivity index (χ0) is 12.8. The molecule has 0 heterocycles. The first-order valence-electron chi connectivity index (χ1n) is 6.04. The van der Waals surface area contributed by atoms with Crippen LogP contribution in [0.15, 0.2) is 24.3 Å². The van der Waals surface area contributed by atoms with E-state index in [4.69, 9.17) is 11.6 Å². The number of alkyl halides is 1. The van der Waals surface area contributed by atoms with E-state index in [-0.39, 0.29) is 11.9 Å². The van der Waals surface area contributed by atoms with Crippen molar-refractivity contribution in [3.05, 3.63) is 35.4 Å². The van der Waals surface area contributed by atoms with Gasteiger partial charge in [-0.3, -0.25) is 4.79 Å². The van der Waals surface area contributed by atoms with Gasteiger partial charge < -0.3 is 5.32 Å². The van der Waals surface area contributed by atoms with E-state index in [0.717, 1.165) is 12.0 Å². The zero-order valence-corrected chi connectivity index (χ0v) is 11.4. The van der Waals surface area contributed by atoms with Crippen LogP contribution in [0.1, 0.15) is 43.1 Å². The average Bonchev–Trinajstić information content (AvgIpc) is 2.37. The number of hydrogen-bond acceptors (Lipinski definition) is 1. The number of benzene rings is 1. The number of nitrogens with one attached hydrogen (secondary N) is 1. The molecule has 0 aliphatic carbocycles. The van der Waals surface area contributed by atoms with Crippen LogP contribution in [0.3, 0.4) is 0 Å². The third-order valence-electron chi connectivity index (χ3n) is 3.20. The maximum absolute atomic E-state index is 12.0. The van der Waals surface area contributed by atoms with E-state index in [2.05, 4.69) is 19.2 Å². The quantitative estimate of drug-likeness (QED) is 0.799. The van der Waals surface area contributed by atoms with Crippen LogP contribution in [0, 0.1) is 5.92 Å². The molecule has 0 bridgehead atoms. The lowest BCUT2D eigenvalue weighted by Crippen LogP contribution is -2.36. The molecule has 1 rings (SSSR count). The summed E-state index contributed by atoms with van der Waals surface area (Å²) in [7, 11) is 0. The van der Waals surface area contributed by atoms with Gasteiger partial charge in [0.1, 0.15) is 0 Å². The highest BCUT2D eigenvalue weighted by molar-refractivity contribution is 6.17. The van der Waals surface area contributed by atoms with Crippen LogP contribution < -0.4 is 5.32 Å². The highest BCUT2D eigenvalue weighted by Gasteiger charge is 2.14. The predicted octanol–water partition coefficient (Wildman–Crippen LogP) is 3.59. The summed E-state index contributed by atoms with van der Waals surface area (Å²) in [5.41, 5.74) is 1.65. The lowest BCUT2D eigenvalue weighted by molar-refractivity contribution is 0.0928. The summed E-state index contributed by atoms with van der Waals surface area (Å²) in [6, 6.07) is 7.62. The van der Waals surface area contributed by atoms with Gasteiger partial charge in [0.15, 0.2) is 0 Å². The van der Waals surface area contributed by atoms with Crippen LogP contribution in [-0.2, 0) is 5.88 Å². The molecule has 0 saturated carbocycles. The summed E-state index contributed by atoms with van der Waals surface area (Å²) in [6.45, 7) is 6.30. The summed E-state index contributed by atoms with van der Waals surface area (Å²) in [4.78, 5) is 12.0. The van der Waals surface area contributed by atoms with Gasteiger partial charge in [0.25, 0.3) is 5.91 Å². The van der Waals surface area contributed by atoms with Crippen LogP contribution in [-0.4, -0.2) is 11.9 Å². The Hall–Kier alpha value is -1.02. The Bertz CT molecular complexity index is 378. The topological polar surface area (TPSA) is 29.1 Å². The highest BCUT2D eigenvalue weighted by Crippen LogP contribution is 2.10. The van der Waals surface area contributed by atoms with Crippen molar-refractivity contribution < 1.29 is 4.79 Å². The van der Waals surface area contributed by atoms with Gasteiger partial charge in [-0.2, -0.15) is 0 Å². The minimum atomic E-state index is -0.0234. The molecule has 0 spiro atoms. The molecule has 0 saturated heterocycles. The Balaban J connectivity index is 2.69. The number of amides is 1. The third kappa shape index (κ3) is 4.04. The average molecular weight is 254 g/mol. The molecule has 2 atom stereocenters. The van der Waals surface area contributed by atoms with Crippen molar-refractivity contribution >= 4 is 17.5 Å². The Morgan fingerprint density at radius 2 is 2.12 bits per heavy atom. The van der Waals surface area contributed by atoms with Crippen molar-refractivity contribution in [3.63, 3.8) is 0 Å². The van der Waals surface area contributed by atoms with E-state index in [1.807, 2.05) is 31.2 Å². The molecule has 1 amide bonds. The first kappa shape index (κ1) is 14.0. The van der Waals surface area contributed by atoms with Gasteiger partial charge in [-0.15, -0.1) is 11.6 Å². The lowest BCUT2D eigenvalue weighted by Gasteiger charge is -2.19. The van der Waals surface area contributed by atoms with Crippen LogP contribution in [0.2, 0.25) is 0 Å². The maximum Gasteiger partial charge on any atom is 0.251 e. The molecule has 0 radical (unpaired) electrons. The lowest BCUT2D eigenvalue weighted by atomic mass is 10.0. The highest BCUT2D eigenvalue weighted by atomic mass is 35.5. The second-order valence-corrected chi connectivity index (χ2v) is 4.75. The molecule has 1 N–H and O–H groups in total. The summed E-state index contributed by atoms with van der Waals surface area (Å²) < 4.78 is 0. The SMILES string of the molecule is CCC(C)C(C)NC(=O)c1cccc(CCl)c1. The smallest absolute Gasteiger partial charge is 0.251 e. The standard InChI is InChI=1S/C14H20ClNO/c1-4-10(2)11(3)16-14(17)13-7-5-6-12(8-13)9-15/h5-8,10-11H,4,9H2,1-3H3,(H,16,17). The monoisotopic (exact) mass is 253 g/mol. The van der Waals surface area contributed by atoms with E-state index >= 15 is 0 Å². The number of hydrogen-bond donors (Lipinski definition) is 1. The van der Waals surface area contributed by atoms with Crippen LogP contribution >= 0.6 is 11.6 Å². The molecule has 3 heteroatoms. The molecule has 0 aromatic heterocycles. The third-order valence-corrected chi connectivity index (χ3v) is 3.51. The van der Waals surface area contributed by atoms with Gasteiger partial charge >= 0.3 is 0 Å². The first-order valence-corrected chi connectivity index (χ1v) is 6.57. The Labute approximate surface area is 108 Å². The van der Waals surface area contributed by atoms with Crippen molar-refractivity contribution in [3.8, 4) is 0 Å². The van der Waals surface area contributed by atoms with E-state index in [1.54, 1.807) is 0 Å². The minimum Gasteiger partial charge on any atom is -0.349 e. The molecule has 0 aliphatic heterocycles. The molecule has 94 valence electrons. The first-order chi connectivity index (χ1) is 8.08. The fraction of sp³-hybridized carbons (Fsp3) is 0.500. The fourth-order valence-corrected chi connectivity index (χ4v) is 1.75. The van der Waals surface area contributed by atoms with Crippen LogP contribution in [0.25, 0.3) is 0 Å². The normalized spacial score (nSPS) is 14.1. The van der Waals surface area contributed by atoms with Crippen molar-refractivity contribution in [2.75, 3.05) is 0 Å².